The van der Waals surface area contributed by atoms with Gasteiger partial charge in [0.2, 0.25) is 11.8 Å². The van der Waals surface area contributed by atoms with E-state index in [0.29, 0.717) is 12.3 Å². The molecule has 0 fully saturated rings. The van der Waals surface area contributed by atoms with Gasteiger partial charge in [-0.15, -0.1) is 0 Å². The summed E-state index contributed by atoms with van der Waals surface area (Å²) in [6.45, 7) is 4.03. The fourth-order valence-corrected chi connectivity index (χ4v) is 3.04. The normalized spacial score (nSPS) is 10.8. The molecule has 1 aromatic heterocycles. The van der Waals surface area contributed by atoms with Crippen LogP contribution in [0.1, 0.15) is 22.6 Å². The van der Waals surface area contributed by atoms with Gasteiger partial charge in [0.1, 0.15) is 5.76 Å². The number of amides is 2. The van der Waals surface area contributed by atoms with E-state index in [9.17, 15) is 9.59 Å². The number of likely N-dealkylation sites (N-methyl/N-ethyl adjacent to an activating group) is 1. The van der Waals surface area contributed by atoms with Crippen LogP contribution in [-0.2, 0) is 22.6 Å². The zero-order valence-corrected chi connectivity index (χ0v) is 15.8. The standard InChI is InChI=1S/C21H23N3O3/c1-14-19(15(2)27-23-14)13-24(3)21(26)12-22-20(25)11-17-9-6-8-16-7-4-5-10-18(16)17/h4-10H,11-13H2,1-3H3,(H,22,25). The van der Waals surface area contributed by atoms with Gasteiger partial charge in [0, 0.05) is 12.6 Å². The predicted octanol–water partition coefficient (Wildman–Crippen LogP) is 2.76. The molecule has 2 amide bonds. The van der Waals surface area contributed by atoms with Crippen molar-refractivity contribution in [1.82, 2.24) is 15.4 Å². The third-order valence-corrected chi connectivity index (χ3v) is 4.67. The molecule has 0 atom stereocenters. The first-order chi connectivity index (χ1) is 13.0. The molecule has 0 aliphatic heterocycles. The zero-order chi connectivity index (χ0) is 19.4. The summed E-state index contributed by atoms with van der Waals surface area (Å²) in [4.78, 5) is 26.2. The Morgan fingerprint density at radius 2 is 1.85 bits per heavy atom. The molecule has 6 heteroatoms. The van der Waals surface area contributed by atoms with E-state index in [1.54, 1.807) is 11.9 Å². The van der Waals surface area contributed by atoms with Crippen LogP contribution in [0.5, 0.6) is 0 Å². The fraction of sp³-hybridized carbons (Fsp3) is 0.286. The molecule has 0 saturated heterocycles. The summed E-state index contributed by atoms with van der Waals surface area (Å²) in [5, 5.41) is 8.76. The molecule has 140 valence electrons. The molecule has 27 heavy (non-hydrogen) atoms. The molecular weight excluding hydrogens is 342 g/mol. The Bertz CT molecular complexity index is 953. The van der Waals surface area contributed by atoms with E-state index < -0.39 is 0 Å². The van der Waals surface area contributed by atoms with Crippen molar-refractivity contribution in [3.8, 4) is 0 Å². The van der Waals surface area contributed by atoms with Crippen molar-refractivity contribution in [3.05, 3.63) is 65.0 Å². The lowest BCUT2D eigenvalue weighted by molar-refractivity contribution is -0.132. The van der Waals surface area contributed by atoms with Crippen molar-refractivity contribution in [1.29, 1.82) is 0 Å². The minimum atomic E-state index is -0.176. The molecule has 0 unspecified atom stereocenters. The van der Waals surface area contributed by atoms with E-state index in [1.807, 2.05) is 56.3 Å². The maximum Gasteiger partial charge on any atom is 0.242 e. The minimum absolute atomic E-state index is 0.0382. The summed E-state index contributed by atoms with van der Waals surface area (Å²) in [7, 11) is 1.70. The van der Waals surface area contributed by atoms with Crippen LogP contribution in [0, 0.1) is 13.8 Å². The van der Waals surface area contributed by atoms with Gasteiger partial charge in [-0.3, -0.25) is 9.59 Å². The monoisotopic (exact) mass is 365 g/mol. The SMILES string of the molecule is Cc1noc(C)c1CN(C)C(=O)CNC(=O)Cc1cccc2ccccc12. The van der Waals surface area contributed by atoms with E-state index in [-0.39, 0.29) is 24.8 Å². The van der Waals surface area contributed by atoms with E-state index >= 15 is 0 Å². The molecule has 3 rings (SSSR count). The first-order valence-electron chi connectivity index (χ1n) is 8.84. The Morgan fingerprint density at radius 3 is 2.59 bits per heavy atom. The molecule has 1 N–H and O–H groups in total. The van der Waals surface area contributed by atoms with Gasteiger partial charge in [-0.25, -0.2) is 0 Å². The van der Waals surface area contributed by atoms with Crippen molar-refractivity contribution >= 4 is 22.6 Å². The van der Waals surface area contributed by atoms with Crippen LogP contribution < -0.4 is 5.32 Å². The maximum atomic E-state index is 12.3. The number of fused-ring (bicyclic) bond motifs is 1. The largest absolute Gasteiger partial charge is 0.361 e. The maximum absolute atomic E-state index is 12.3. The number of benzene rings is 2. The zero-order valence-electron chi connectivity index (χ0n) is 15.8. The number of nitrogens with one attached hydrogen (secondary N) is 1. The highest BCUT2D eigenvalue weighted by molar-refractivity contribution is 5.91. The molecule has 0 bridgehead atoms. The number of carbonyl (C=O) groups excluding carboxylic acids is 2. The van der Waals surface area contributed by atoms with Crippen molar-refractivity contribution in [2.24, 2.45) is 0 Å². The van der Waals surface area contributed by atoms with Gasteiger partial charge in [0.05, 0.1) is 25.2 Å². The van der Waals surface area contributed by atoms with E-state index in [0.717, 1.165) is 27.6 Å². The average molecular weight is 365 g/mol. The van der Waals surface area contributed by atoms with Crippen LogP contribution in [-0.4, -0.2) is 35.5 Å². The van der Waals surface area contributed by atoms with Crippen LogP contribution in [0.2, 0.25) is 0 Å². The van der Waals surface area contributed by atoms with E-state index in [2.05, 4.69) is 10.5 Å². The number of carbonyl (C=O) groups is 2. The molecule has 1 heterocycles. The molecule has 0 saturated carbocycles. The summed E-state index contributed by atoms with van der Waals surface area (Å²) in [6.07, 6.45) is 0.238. The number of aromatic nitrogens is 1. The van der Waals surface area contributed by atoms with Gasteiger partial charge in [-0.2, -0.15) is 0 Å². The Labute approximate surface area is 158 Å². The van der Waals surface area contributed by atoms with Gasteiger partial charge in [-0.05, 0) is 30.2 Å². The summed E-state index contributed by atoms with van der Waals surface area (Å²) >= 11 is 0. The third-order valence-electron chi connectivity index (χ3n) is 4.67. The Kier molecular flexibility index (Phi) is 5.54. The molecule has 0 spiro atoms. The molecule has 3 aromatic rings. The molecule has 0 aliphatic carbocycles. The Balaban J connectivity index is 1.56. The van der Waals surface area contributed by atoms with Gasteiger partial charge in [-0.1, -0.05) is 47.6 Å². The van der Waals surface area contributed by atoms with Gasteiger partial charge in [0.25, 0.3) is 0 Å². The second-order valence-electron chi connectivity index (χ2n) is 6.64. The number of hydrogen-bond acceptors (Lipinski definition) is 4. The minimum Gasteiger partial charge on any atom is -0.361 e. The first kappa shape index (κ1) is 18.6. The van der Waals surface area contributed by atoms with Crippen molar-refractivity contribution in [2.75, 3.05) is 13.6 Å². The third kappa shape index (κ3) is 4.34. The quantitative estimate of drug-likeness (QED) is 0.729. The topological polar surface area (TPSA) is 75.4 Å². The van der Waals surface area contributed by atoms with Gasteiger partial charge >= 0.3 is 0 Å². The average Bonchev–Trinajstić information content (AvgIpc) is 2.98. The smallest absolute Gasteiger partial charge is 0.242 e. The highest BCUT2D eigenvalue weighted by atomic mass is 16.5. The molecule has 6 nitrogen and oxygen atoms in total. The highest BCUT2D eigenvalue weighted by Gasteiger charge is 2.16. The summed E-state index contributed by atoms with van der Waals surface area (Å²) in [5.41, 5.74) is 2.61. The van der Waals surface area contributed by atoms with E-state index in [4.69, 9.17) is 4.52 Å². The van der Waals surface area contributed by atoms with Gasteiger partial charge in [0.15, 0.2) is 0 Å². The summed E-state index contributed by atoms with van der Waals surface area (Å²) in [5.74, 6) is 0.360. The van der Waals surface area contributed by atoms with Crippen molar-refractivity contribution in [3.63, 3.8) is 0 Å². The van der Waals surface area contributed by atoms with Crippen LogP contribution in [0.4, 0.5) is 0 Å². The second-order valence-corrected chi connectivity index (χ2v) is 6.64. The number of rotatable bonds is 6. The van der Waals surface area contributed by atoms with E-state index in [1.165, 1.54) is 0 Å². The predicted molar refractivity (Wildman–Crippen MR) is 103 cm³/mol. The summed E-state index contributed by atoms with van der Waals surface area (Å²) in [6, 6.07) is 13.8. The number of nitrogens with zero attached hydrogens (tertiary/aromatic N) is 2. The fourth-order valence-electron chi connectivity index (χ4n) is 3.04. The molecule has 0 radical (unpaired) electrons. The van der Waals surface area contributed by atoms with Crippen LogP contribution in [0.3, 0.4) is 0 Å². The lowest BCUT2D eigenvalue weighted by atomic mass is 10.0. The molecular formula is C21H23N3O3. The lowest BCUT2D eigenvalue weighted by Gasteiger charge is -2.17. The van der Waals surface area contributed by atoms with Crippen LogP contribution in [0.15, 0.2) is 47.0 Å². The van der Waals surface area contributed by atoms with Crippen LogP contribution >= 0.6 is 0 Å². The van der Waals surface area contributed by atoms with Crippen molar-refractivity contribution in [2.45, 2.75) is 26.8 Å². The summed E-state index contributed by atoms with van der Waals surface area (Å²) < 4.78 is 5.12. The molecule has 0 aliphatic rings. The highest BCUT2D eigenvalue weighted by Crippen LogP contribution is 2.19. The lowest BCUT2D eigenvalue weighted by Crippen LogP contribution is -2.38. The van der Waals surface area contributed by atoms with Crippen LogP contribution in [0.25, 0.3) is 10.8 Å². The number of hydrogen-bond donors (Lipinski definition) is 1. The van der Waals surface area contributed by atoms with Gasteiger partial charge < -0.3 is 14.7 Å². The molecule has 2 aromatic carbocycles. The Morgan fingerprint density at radius 1 is 1.11 bits per heavy atom. The van der Waals surface area contributed by atoms with Crippen molar-refractivity contribution < 1.29 is 14.1 Å². The first-order valence-corrected chi connectivity index (χ1v) is 8.84. The Hall–Kier alpha value is -3.15. The number of aryl methyl sites for hydroxylation is 2. The second kappa shape index (κ2) is 8.03.